The van der Waals surface area contributed by atoms with Gasteiger partial charge in [-0.15, -0.1) is 9.24 Å². The first-order valence-electron chi connectivity index (χ1n) is 3.72. The van der Waals surface area contributed by atoms with Crippen molar-refractivity contribution in [1.29, 1.82) is 0 Å². The molecule has 0 saturated carbocycles. The molecule has 1 aromatic heterocycles. The maximum absolute atomic E-state index is 3.98. The Hall–Kier alpha value is -0.950. The van der Waals surface area contributed by atoms with Crippen LogP contribution in [0.2, 0.25) is 0 Å². The van der Waals surface area contributed by atoms with Gasteiger partial charge in [0.25, 0.3) is 0 Å². The van der Waals surface area contributed by atoms with Gasteiger partial charge in [0.05, 0.1) is 0 Å². The first-order chi connectivity index (χ1) is 5.88. The number of fused-ring (bicyclic) bond motifs is 1. The number of hydrogen-bond donors (Lipinski definition) is 1. The lowest BCUT2D eigenvalue weighted by atomic mass is 10.2. The lowest BCUT2D eigenvalue weighted by Crippen LogP contribution is -1.73. The van der Waals surface area contributed by atoms with E-state index >= 15 is 0 Å². The SMILES string of the molecule is CP.Cc1cccc2n[nH]nc12. The average Bonchev–Trinajstić information content (AvgIpc) is 2.57. The summed E-state index contributed by atoms with van der Waals surface area (Å²) in [6, 6.07) is 5.93. The van der Waals surface area contributed by atoms with Crippen LogP contribution in [0.3, 0.4) is 0 Å². The molecule has 4 heteroatoms. The lowest BCUT2D eigenvalue weighted by Gasteiger charge is -1.88. The zero-order valence-electron chi connectivity index (χ0n) is 7.20. The van der Waals surface area contributed by atoms with Crippen LogP contribution in [0.25, 0.3) is 11.0 Å². The summed E-state index contributed by atoms with van der Waals surface area (Å²) in [5.41, 5.74) is 3.05. The minimum absolute atomic E-state index is 0.931. The van der Waals surface area contributed by atoms with E-state index in [-0.39, 0.29) is 0 Å². The summed E-state index contributed by atoms with van der Waals surface area (Å²) in [6.07, 6.45) is 0. The third-order valence-corrected chi connectivity index (χ3v) is 1.55. The van der Waals surface area contributed by atoms with Crippen LogP contribution >= 0.6 is 9.24 Å². The lowest BCUT2D eigenvalue weighted by molar-refractivity contribution is 0.958. The molecule has 2 aromatic rings. The third kappa shape index (κ3) is 1.62. The predicted molar refractivity (Wildman–Crippen MR) is 54.3 cm³/mol. The van der Waals surface area contributed by atoms with E-state index < -0.39 is 0 Å². The highest BCUT2D eigenvalue weighted by molar-refractivity contribution is 7.15. The highest BCUT2D eigenvalue weighted by atomic mass is 31.0. The van der Waals surface area contributed by atoms with Crippen LogP contribution in [0.5, 0.6) is 0 Å². The second kappa shape index (κ2) is 4.17. The molecule has 0 amide bonds. The van der Waals surface area contributed by atoms with E-state index in [9.17, 15) is 0 Å². The predicted octanol–water partition coefficient (Wildman–Crippen LogP) is 1.76. The van der Waals surface area contributed by atoms with Crippen molar-refractivity contribution in [3.8, 4) is 0 Å². The normalized spacial score (nSPS) is 9.25. The third-order valence-electron chi connectivity index (χ3n) is 1.55. The smallest absolute Gasteiger partial charge is 0.115 e. The van der Waals surface area contributed by atoms with Gasteiger partial charge in [0.2, 0.25) is 0 Å². The van der Waals surface area contributed by atoms with Gasteiger partial charge in [0, 0.05) is 0 Å². The Morgan fingerprint density at radius 2 is 2.00 bits per heavy atom. The maximum atomic E-state index is 3.98. The molecular weight excluding hydrogens is 169 g/mol. The monoisotopic (exact) mass is 181 g/mol. The van der Waals surface area contributed by atoms with Crippen LogP contribution in [-0.4, -0.2) is 22.1 Å². The first kappa shape index (κ1) is 9.14. The van der Waals surface area contributed by atoms with Crippen LogP contribution in [0.4, 0.5) is 0 Å². The molecule has 0 aliphatic rings. The fourth-order valence-corrected chi connectivity index (χ4v) is 1.01. The molecule has 0 aliphatic heterocycles. The summed E-state index contributed by atoms with van der Waals surface area (Å²) in [5.74, 6) is 0. The van der Waals surface area contributed by atoms with E-state index in [0.29, 0.717) is 0 Å². The summed E-state index contributed by atoms with van der Waals surface area (Å²) >= 11 is 0. The van der Waals surface area contributed by atoms with Crippen molar-refractivity contribution in [2.75, 3.05) is 6.66 Å². The zero-order valence-corrected chi connectivity index (χ0v) is 8.36. The molecule has 2 rings (SSSR count). The van der Waals surface area contributed by atoms with Gasteiger partial charge >= 0.3 is 0 Å². The zero-order chi connectivity index (χ0) is 8.97. The number of nitrogens with one attached hydrogen (secondary N) is 1. The average molecular weight is 181 g/mol. The summed E-state index contributed by atoms with van der Waals surface area (Å²) < 4.78 is 0. The number of hydrogen-bond acceptors (Lipinski definition) is 2. The topological polar surface area (TPSA) is 41.6 Å². The van der Waals surface area contributed by atoms with Crippen LogP contribution in [-0.2, 0) is 0 Å². The van der Waals surface area contributed by atoms with E-state index in [0.717, 1.165) is 16.6 Å². The standard InChI is InChI=1S/C7H7N3.CH5P/c1-5-3-2-4-6-7(5)9-10-8-6;1-2/h2-4H,1H3,(H,8,9,10);2H2,1H3. The molecule has 1 unspecified atom stereocenters. The molecule has 3 nitrogen and oxygen atoms in total. The molecule has 1 N–H and O–H groups in total. The number of H-pyrrole nitrogens is 1. The van der Waals surface area contributed by atoms with Gasteiger partial charge in [-0.05, 0) is 18.6 Å². The van der Waals surface area contributed by atoms with Crippen LogP contribution in [0.1, 0.15) is 5.56 Å². The van der Waals surface area contributed by atoms with Gasteiger partial charge < -0.3 is 0 Å². The maximum Gasteiger partial charge on any atom is 0.115 e. The molecule has 0 fully saturated rings. The highest BCUT2D eigenvalue weighted by Gasteiger charge is 1.97. The van der Waals surface area contributed by atoms with Gasteiger partial charge in [-0.2, -0.15) is 15.4 Å². The van der Waals surface area contributed by atoms with Crippen molar-refractivity contribution in [3.63, 3.8) is 0 Å². The molecule has 0 bridgehead atoms. The number of aromatic nitrogens is 3. The van der Waals surface area contributed by atoms with Gasteiger partial charge in [0.15, 0.2) is 0 Å². The van der Waals surface area contributed by atoms with Crippen molar-refractivity contribution in [3.05, 3.63) is 23.8 Å². The molecule has 0 radical (unpaired) electrons. The van der Waals surface area contributed by atoms with Crippen molar-refractivity contribution in [2.45, 2.75) is 6.92 Å². The molecule has 12 heavy (non-hydrogen) atoms. The van der Waals surface area contributed by atoms with Crippen molar-refractivity contribution in [2.24, 2.45) is 0 Å². The molecular formula is C8H12N3P. The van der Waals surface area contributed by atoms with Crippen LogP contribution in [0.15, 0.2) is 18.2 Å². The van der Waals surface area contributed by atoms with E-state index in [2.05, 4.69) is 24.7 Å². The molecule has 64 valence electrons. The Morgan fingerprint density at radius 3 is 2.67 bits per heavy atom. The van der Waals surface area contributed by atoms with E-state index in [1.54, 1.807) is 0 Å². The van der Waals surface area contributed by atoms with Gasteiger partial charge in [-0.3, -0.25) is 0 Å². The summed E-state index contributed by atoms with van der Waals surface area (Å²) in [5, 5.41) is 10.5. The Kier molecular flexibility index (Phi) is 3.18. The van der Waals surface area contributed by atoms with Gasteiger partial charge in [-0.1, -0.05) is 18.8 Å². The number of aromatic amines is 1. The van der Waals surface area contributed by atoms with Crippen molar-refractivity contribution in [1.82, 2.24) is 15.4 Å². The summed E-state index contributed by atoms with van der Waals surface area (Å²) in [7, 11) is 2.42. The Balaban J connectivity index is 0.000000336. The number of para-hydroxylation sites is 1. The van der Waals surface area contributed by atoms with E-state index in [1.165, 1.54) is 0 Å². The number of rotatable bonds is 0. The molecule has 0 spiro atoms. The second-order valence-electron chi connectivity index (χ2n) is 2.27. The number of nitrogens with zero attached hydrogens (tertiary/aromatic N) is 2. The quantitative estimate of drug-likeness (QED) is 0.629. The highest BCUT2D eigenvalue weighted by Crippen LogP contribution is 2.10. The Morgan fingerprint density at radius 1 is 1.25 bits per heavy atom. The van der Waals surface area contributed by atoms with Gasteiger partial charge in [-0.25, -0.2) is 0 Å². The van der Waals surface area contributed by atoms with Crippen LogP contribution in [0, 0.1) is 6.92 Å². The fraction of sp³-hybridized carbons (Fsp3) is 0.250. The first-order valence-corrected chi connectivity index (χ1v) is 4.87. The Labute approximate surface area is 73.8 Å². The minimum Gasteiger partial charge on any atom is -0.197 e. The molecule has 1 atom stereocenters. The van der Waals surface area contributed by atoms with Crippen LogP contribution < -0.4 is 0 Å². The summed E-state index contributed by atoms with van der Waals surface area (Å²) in [6.45, 7) is 3.94. The number of aryl methyl sites for hydroxylation is 1. The number of benzene rings is 1. The fourth-order valence-electron chi connectivity index (χ4n) is 1.01. The molecule has 0 aliphatic carbocycles. The largest absolute Gasteiger partial charge is 0.197 e. The van der Waals surface area contributed by atoms with Crippen molar-refractivity contribution >= 4 is 20.3 Å². The van der Waals surface area contributed by atoms with E-state index in [1.807, 2.05) is 31.8 Å². The molecule has 1 heterocycles. The van der Waals surface area contributed by atoms with Gasteiger partial charge in [0.1, 0.15) is 11.0 Å². The minimum atomic E-state index is 0.931. The second-order valence-corrected chi connectivity index (χ2v) is 2.27. The van der Waals surface area contributed by atoms with Crippen molar-refractivity contribution < 1.29 is 0 Å². The summed E-state index contributed by atoms with van der Waals surface area (Å²) in [4.78, 5) is 0. The van der Waals surface area contributed by atoms with E-state index in [4.69, 9.17) is 0 Å². The molecule has 0 saturated heterocycles. The molecule has 1 aromatic carbocycles. The Bertz CT molecular complexity index is 356.